The molecule has 0 saturated heterocycles. The summed E-state index contributed by atoms with van der Waals surface area (Å²) in [6, 6.07) is 3.94. The first-order chi connectivity index (χ1) is 8.28. The van der Waals surface area contributed by atoms with Gasteiger partial charge in [-0.3, -0.25) is 4.90 Å². The van der Waals surface area contributed by atoms with Crippen molar-refractivity contribution in [1.29, 1.82) is 0 Å². The van der Waals surface area contributed by atoms with Crippen LogP contribution >= 0.6 is 27.3 Å². The first-order valence-corrected chi connectivity index (χ1v) is 7.30. The zero-order valence-corrected chi connectivity index (χ0v) is 12.1. The largest absolute Gasteiger partial charge is 0.453 e. The van der Waals surface area contributed by atoms with E-state index in [4.69, 9.17) is 4.42 Å². The van der Waals surface area contributed by atoms with Crippen LogP contribution < -0.4 is 0 Å². The molecule has 3 nitrogen and oxygen atoms in total. The molecule has 0 unspecified atom stereocenters. The number of thiazole rings is 1. The van der Waals surface area contributed by atoms with E-state index in [9.17, 15) is 0 Å². The van der Waals surface area contributed by atoms with Gasteiger partial charge in [0.2, 0.25) is 0 Å². The maximum atomic E-state index is 5.51. The molecule has 0 spiro atoms. The van der Waals surface area contributed by atoms with E-state index >= 15 is 0 Å². The van der Waals surface area contributed by atoms with E-state index in [0.717, 1.165) is 36.5 Å². The van der Waals surface area contributed by atoms with E-state index in [0.29, 0.717) is 0 Å². The minimum absolute atomic E-state index is 0.795. The molecule has 2 aromatic heterocycles. The second kappa shape index (κ2) is 6.33. The van der Waals surface area contributed by atoms with E-state index < -0.39 is 0 Å². The SMILES string of the molecule is CCN(CCc1nccs1)Cc1ccc(Br)o1. The molecule has 0 N–H and O–H groups in total. The monoisotopic (exact) mass is 314 g/mol. The van der Waals surface area contributed by atoms with Crippen LogP contribution in [-0.2, 0) is 13.0 Å². The fraction of sp³-hybridized carbons (Fsp3) is 0.417. The lowest BCUT2D eigenvalue weighted by molar-refractivity contribution is 0.257. The molecule has 0 saturated carbocycles. The summed E-state index contributed by atoms with van der Waals surface area (Å²) in [7, 11) is 0. The summed E-state index contributed by atoms with van der Waals surface area (Å²) in [6.45, 7) is 5.05. The number of nitrogens with zero attached hydrogens (tertiary/aromatic N) is 2. The quantitative estimate of drug-likeness (QED) is 0.816. The van der Waals surface area contributed by atoms with Gasteiger partial charge >= 0.3 is 0 Å². The van der Waals surface area contributed by atoms with Crippen LogP contribution in [0.3, 0.4) is 0 Å². The Morgan fingerprint density at radius 1 is 1.47 bits per heavy atom. The van der Waals surface area contributed by atoms with E-state index in [-0.39, 0.29) is 0 Å². The highest BCUT2D eigenvalue weighted by atomic mass is 79.9. The lowest BCUT2D eigenvalue weighted by atomic mass is 10.3. The molecule has 92 valence electrons. The van der Waals surface area contributed by atoms with Crippen molar-refractivity contribution in [3.05, 3.63) is 39.1 Å². The predicted octanol–water partition coefficient (Wildman–Crippen LogP) is 3.56. The Balaban J connectivity index is 1.84. The van der Waals surface area contributed by atoms with Gasteiger partial charge < -0.3 is 4.42 Å². The summed E-state index contributed by atoms with van der Waals surface area (Å²) in [4.78, 5) is 6.65. The zero-order valence-electron chi connectivity index (χ0n) is 9.73. The molecule has 17 heavy (non-hydrogen) atoms. The Morgan fingerprint density at radius 3 is 2.94 bits per heavy atom. The highest BCUT2D eigenvalue weighted by Crippen LogP contribution is 2.16. The summed E-state index contributed by atoms with van der Waals surface area (Å²) in [6.07, 6.45) is 2.87. The fourth-order valence-electron chi connectivity index (χ4n) is 1.64. The number of hydrogen-bond acceptors (Lipinski definition) is 4. The van der Waals surface area contributed by atoms with Crippen molar-refractivity contribution in [2.24, 2.45) is 0 Å². The molecule has 2 rings (SSSR count). The average Bonchev–Trinajstić information content (AvgIpc) is 2.96. The van der Waals surface area contributed by atoms with Crippen LogP contribution in [0, 0.1) is 0 Å². The topological polar surface area (TPSA) is 29.3 Å². The van der Waals surface area contributed by atoms with Gasteiger partial charge in [0.25, 0.3) is 0 Å². The number of likely N-dealkylation sites (N-methyl/N-ethyl adjacent to an activating group) is 1. The number of hydrogen-bond donors (Lipinski definition) is 0. The molecule has 0 radical (unpaired) electrons. The van der Waals surface area contributed by atoms with Gasteiger partial charge in [-0.15, -0.1) is 11.3 Å². The third kappa shape index (κ3) is 3.94. The molecule has 0 aromatic carbocycles. The molecular weight excluding hydrogens is 300 g/mol. The fourth-order valence-corrected chi connectivity index (χ4v) is 2.59. The van der Waals surface area contributed by atoms with Crippen LogP contribution in [0.25, 0.3) is 0 Å². The van der Waals surface area contributed by atoms with Crippen molar-refractivity contribution in [3.63, 3.8) is 0 Å². The Bertz CT molecular complexity index is 441. The third-order valence-electron chi connectivity index (χ3n) is 2.58. The van der Waals surface area contributed by atoms with Crippen molar-refractivity contribution in [2.45, 2.75) is 19.9 Å². The Kier molecular flexibility index (Phi) is 4.76. The van der Waals surface area contributed by atoms with Gasteiger partial charge in [0.15, 0.2) is 4.67 Å². The van der Waals surface area contributed by atoms with Gasteiger partial charge in [0, 0.05) is 24.5 Å². The first-order valence-electron chi connectivity index (χ1n) is 5.63. The van der Waals surface area contributed by atoms with Gasteiger partial charge in [-0.2, -0.15) is 0 Å². The van der Waals surface area contributed by atoms with E-state index in [1.54, 1.807) is 11.3 Å². The highest BCUT2D eigenvalue weighted by Gasteiger charge is 2.08. The van der Waals surface area contributed by atoms with Gasteiger partial charge in [-0.1, -0.05) is 6.92 Å². The molecule has 0 fully saturated rings. The van der Waals surface area contributed by atoms with Crippen LogP contribution in [0.4, 0.5) is 0 Å². The molecule has 0 bridgehead atoms. The maximum absolute atomic E-state index is 5.51. The molecule has 5 heteroatoms. The Morgan fingerprint density at radius 2 is 2.35 bits per heavy atom. The zero-order chi connectivity index (χ0) is 12.1. The summed E-state index contributed by atoms with van der Waals surface area (Å²) in [5.74, 6) is 0.998. The lowest BCUT2D eigenvalue weighted by Gasteiger charge is -2.18. The standard InChI is InChI=1S/C12H15BrN2OS/c1-2-15(7-5-12-14-6-8-17-12)9-10-3-4-11(13)16-10/h3-4,6,8H,2,5,7,9H2,1H3. The Hall–Kier alpha value is -0.650. The van der Waals surface area contributed by atoms with Crippen LogP contribution in [-0.4, -0.2) is 23.0 Å². The van der Waals surface area contributed by atoms with Crippen LogP contribution in [0.5, 0.6) is 0 Å². The molecule has 0 aliphatic carbocycles. The molecule has 0 amide bonds. The summed E-state index contributed by atoms with van der Waals surface area (Å²) >= 11 is 5.04. The van der Waals surface area contributed by atoms with E-state index in [1.165, 1.54) is 5.01 Å². The number of furan rings is 1. The Labute approximate surface area is 114 Å². The number of halogens is 1. The van der Waals surface area contributed by atoms with Crippen molar-refractivity contribution < 1.29 is 4.42 Å². The number of aromatic nitrogens is 1. The van der Waals surface area contributed by atoms with Gasteiger partial charge in [-0.05, 0) is 34.6 Å². The molecule has 2 aromatic rings. The minimum Gasteiger partial charge on any atom is -0.453 e. The summed E-state index contributed by atoms with van der Waals surface area (Å²) in [5, 5.41) is 3.22. The van der Waals surface area contributed by atoms with Gasteiger partial charge in [-0.25, -0.2) is 4.98 Å². The van der Waals surface area contributed by atoms with Gasteiger partial charge in [0.1, 0.15) is 5.76 Å². The van der Waals surface area contributed by atoms with Crippen LogP contribution in [0.15, 0.2) is 32.8 Å². The van der Waals surface area contributed by atoms with Gasteiger partial charge in [0.05, 0.1) is 11.6 Å². The number of rotatable bonds is 6. The molecule has 0 aliphatic rings. The normalized spacial score (nSPS) is 11.2. The van der Waals surface area contributed by atoms with Crippen molar-refractivity contribution in [1.82, 2.24) is 9.88 Å². The summed E-state index contributed by atoms with van der Waals surface area (Å²) in [5.41, 5.74) is 0. The second-order valence-corrected chi connectivity index (χ2v) is 5.51. The predicted molar refractivity (Wildman–Crippen MR) is 73.2 cm³/mol. The second-order valence-electron chi connectivity index (χ2n) is 3.75. The average molecular weight is 315 g/mol. The minimum atomic E-state index is 0.795. The van der Waals surface area contributed by atoms with Crippen molar-refractivity contribution in [2.75, 3.05) is 13.1 Å². The van der Waals surface area contributed by atoms with Crippen LogP contribution in [0.1, 0.15) is 17.7 Å². The third-order valence-corrected chi connectivity index (χ3v) is 3.85. The molecular formula is C12H15BrN2OS. The van der Waals surface area contributed by atoms with Crippen molar-refractivity contribution >= 4 is 27.3 Å². The summed E-state index contributed by atoms with van der Waals surface area (Å²) < 4.78 is 6.31. The van der Waals surface area contributed by atoms with Crippen LogP contribution in [0.2, 0.25) is 0 Å². The van der Waals surface area contributed by atoms with E-state index in [2.05, 4.69) is 32.7 Å². The first kappa shape index (κ1) is 12.8. The highest BCUT2D eigenvalue weighted by molar-refractivity contribution is 9.10. The molecule has 0 aliphatic heterocycles. The smallest absolute Gasteiger partial charge is 0.169 e. The maximum Gasteiger partial charge on any atom is 0.169 e. The van der Waals surface area contributed by atoms with E-state index in [1.807, 2.05) is 23.7 Å². The van der Waals surface area contributed by atoms with Crippen molar-refractivity contribution in [3.8, 4) is 0 Å². The molecule has 2 heterocycles. The molecule has 0 atom stereocenters. The lowest BCUT2D eigenvalue weighted by Crippen LogP contribution is -2.25.